The topological polar surface area (TPSA) is 32.3 Å². The van der Waals surface area contributed by atoms with E-state index in [1.165, 1.54) is 61.5 Å². The van der Waals surface area contributed by atoms with Crippen LogP contribution in [-0.4, -0.2) is 44.4 Å². The molecule has 0 radical (unpaired) electrons. The maximum absolute atomic E-state index is 10.0. The van der Waals surface area contributed by atoms with Gasteiger partial charge in [0.15, 0.2) is 6.29 Å². The molecule has 1 aliphatic heterocycles. The van der Waals surface area contributed by atoms with Gasteiger partial charge in [0.05, 0.1) is 4.88 Å². The molecule has 3 nitrogen and oxygen atoms in total. The van der Waals surface area contributed by atoms with Crippen molar-refractivity contribution in [3.63, 3.8) is 0 Å². The number of hydrogen-bond acceptors (Lipinski definition) is 4. The van der Waals surface area contributed by atoms with Crippen LogP contribution in [0.3, 0.4) is 0 Å². The highest BCUT2D eigenvalue weighted by Crippen LogP contribution is 2.11. The molecule has 2 heterocycles. The first-order valence-electron chi connectivity index (χ1n) is 8.15. The Bertz CT molecular complexity index is 346. The number of carbonyl (C=O) groups is 1. The molecule has 0 bridgehead atoms. The number of likely N-dealkylation sites (tertiary alicyclic amines) is 1. The van der Waals surface area contributed by atoms with Gasteiger partial charge in [0.1, 0.15) is 0 Å². The molecule has 122 valence electrons. The van der Waals surface area contributed by atoms with Gasteiger partial charge in [0, 0.05) is 4.88 Å². The van der Waals surface area contributed by atoms with E-state index >= 15 is 0 Å². The first-order chi connectivity index (χ1) is 10.3. The van der Waals surface area contributed by atoms with Gasteiger partial charge in [-0.3, -0.25) is 4.79 Å². The van der Waals surface area contributed by atoms with Crippen molar-refractivity contribution in [2.24, 2.45) is 0 Å². The molecular formula is C17H32N2OS. The maximum atomic E-state index is 10.0. The summed E-state index contributed by atoms with van der Waals surface area (Å²) in [7, 11) is 2.02. The number of aldehydes is 1. The highest BCUT2D eigenvalue weighted by atomic mass is 32.1. The van der Waals surface area contributed by atoms with E-state index in [0.29, 0.717) is 0 Å². The fourth-order valence-electron chi connectivity index (χ4n) is 2.18. The Morgan fingerprint density at radius 1 is 1.24 bits per heavy atom. The summed E-state index contributed by atoms with van der Waals surface area (Å²) in [6, 6.07) is 3.77. The zero-order valence-electron chi connectivity index (χ0n) is 14.2. The summed E-state index contributed by atoms with van der Waals surface area (Å²) >= 11 is 1.52. The standard InChI is InChI=1S/C9H20N2.C6H6OS.C2H6/c1-10-6-5-9-11-7-3-2-4-8-11;1-5-2-3-6(4-7)8-5;1-2/h10H,2-9H2,1H3;2-4H,1H3;1-2H3. The van der Waals surface area contributed by atoms with E-state index in [-0.39, 0.29) is 0 Å². The largest absolute Gasteiger partial charge is 0.320 e. The lowest BCUT2D eigenvalue weighted by Gasteiger charge is -2.26. The summed E-state index contributed by atoms with van der Waals surface area (Å²) in [5.74, 6) is 0. The van der Waals surface area contributed by atoms with Crippen molar-refractivity contribution in [2.75, 3.05) is 33.2 Å². The molecule has 0 unspecified atom stereocenters. The molecule has 1 N–H and O–H groups in total. The van der Waals surface area contributed by atoms with Crippen LogP contribution in [-0.2, 0) is 0 Å². The predicted octanol–water partition coefficient (Wildman–Crippen LogP) is 3.98. The minimum absolute atomic E-state index is 0.808. The van der Waals surface area contributed by atoms with Crippen LogP contribution in [0.4, 0.5) is 0 Å². The summed E-state index contributed by atoms with van der Waals surface area (Å²) in [5.41, 5.74) is 0. The van der Waals surface area contributed by atoms with Crippen LogP contribution in [0.25, 0.3) is 0 Å². The average molecular weight is 313 g/mol. The summed E-state index contributed by atoms with van der Waals surface area (Å²) in [5, 5.41) is 3.18. The van der Waals surface area contributed by atoms with Crippen molar-refractivity contribution < 1.29 is 4.79 Å². The zero-order chi connectivity index (χ0) is 15.9. The van der Waals surface area contributed by atoms with E-state index in [1.807, 2.05) is 40.0 Å². The first-order valence-corrected chi connectivity index (χ1v) is 8.96. The number of rotatable bonds is 5. The van der Waals surface area contributed by atoms with Gasteiger partial charge in [0.25, 0.3) is 0 Å². The third kappa shape index (κ3) is 10.6. The summed E-state index contributed by atoms with van der Waals surface area (Å²) < 4.78 is 0. The van der Waals surface area contributed by atoms with E-state index in [9.17, 15) is 4.79 Å². The second kappa shape index (κ2) is 14.2. The molecule has 0 atom stereocenters. The van der Waals surface area contributed by atoms with Gasteiger partial charge in [0.2, 0.25) is 0 Å². The van der Waals surface area contributed by atoms with Crippen LogP contribution >= 0.6 is 11.3 Å². The monoisotopic (exact) mass is 312 g/mol. The first kappa shape index (κ1) is 20.3. The molecule has 1 fully saturated rings. The smallest absolute Gasteiger partial charge is 0.160 e. The van der Waals surface area contributed by atoms with Gasteiger partial charge in [-0.2, -0.15) is 0 Å². The second-order valence-corrected chi connectivity index (χ2v) is 6.25. The van der Waals surface area contributed by atoms with E-state index in [0.717, 1.165) is 17.7 Å². The Kier molecular flexibility index (Phi) is 13.8. The lowest BCUT2D eigenvalue weighted by molar-refractivity contribution is 0.112. The van der Waals surface area contributed by atoms with Gasteiger partial charge in [-0.1, -0.05) is 20.3 Å². The Balaban J connectivity index is 0.000000354. The number of hydrogen-bond donors (Lipinski definition) is 1. The molecule has 4 heteroatoms. The molecule has 1 aromatic heterocycles. The van der Waals surface area contributed by atoms with Crippen LogP contribution in [0.5, 0.6) is 0 Å². The Morgan fingerprint density at radius 3 is 2.33 bits per heavy atom. The Labute approximate surface area is 134 Å². The van der Waals surface area contributed by atoms with Gasteiger partial charge in [-0.15, -0.1) is 11.3 Å². The quantitative estimate of drug-likeness (QED) is 0.659. The average Bonchev–Trinajstić information content (AvgIpc) is 2.97. The number of carbonyl (C=O) groups excluding carboxylic acids is 1. The van der Waals surface area contributed by atoms with Crippen molar-refractivity contribution in [1.29, 1.82) is 0 Å². The minimum Gasteiger partial charge on any atom is -0.320 e. The van der Waals surface area contributed by atoms with Crippen molar-refractivity contribution in [1.82, 2.24) is 10.2 Å². The number of thiophene rings is 1. The van der Waals surface area contributed by atoms with E-state index in [2.05, 4.69) is 10.2 Å². The molecule has 0 aromatic carbocycles. The molecule has 2 rings (SSSR count). The molecule has 0 spiro atoms. The molecule has 0 saturated carbocycles. The van der Waals surface area contributed by atoms with Crippen LogP contribution in [0.15, 0.2) is 12.1 Å². The van der Waals surface area contributed by atoms with Crippen LogP contribution in [0, 0.1) is 6.92 Å². The highest BCUT2D eigenvalue weighted by molar-refractivity contribution is 7.13. The van der Waals surface area contributed by atoms with Gasteiger partial charge < -0.3 is 10.2 Å². The summed E-state index contributed by atoms with van der Waals surface area (Å²) in [6.45, 7) is 11.1. The molecule has 1 saturated heterocycles. The van der Waals surface area contributed by atoms with Crippen molar-refractivity contribution in [3.8, 4) is 0 Å². The number of nitrogens with one attached hydrogen (secondary N) is 1. The molecular weight excluding hydrogens is 280 g/mol. The van der Waals surface area contributed by atoms with Crippen molar-refractivity contribution >= 4 is 17.6 Å². The predicted molar refractivity (Wildman–Crippen MR) is 94.6 cm³/mol. The fourth-order valence-corrected chi connectivity index (χ4v) is 2.87. The highest BCUT2D eigenvalue weighted by Gasteiger charge is 2.08. The van der Waals surface area contributed by atoms with E-state index < -0.39 is 0 Å². The fraction of sp³-hybridized carbons (Fsp3) is 0.706. The summed E-state index contributed by atoms with van der Waals surface area (Å²) in [4.78, 5) is 14.6. The van der Waals surface area contributed by atoms with E-state index in [1.54, 1.807) is 0 Å². The van der Waals surface area contributed by atoms with Crippen LogP contribution < -0.4 is 5.32 Å². The normalized spacial score (nSPS) is 14.5. The molecule has 21 heavy (non-hydrogen) atoms. The SMILES string of the molecule is CC.CNCCCN1CCCCC1.Cc1ccc(C=O)s1. The van der Waals surface area contributed by atoms with Gasteiger partial charge >= 0.3 is 0 Å². The van der Waals surface area contributed by atoms with Crippen LogP contribution in [0.1, 0.15) is 54.1 Å². The number of piperidine rings is 1. The Hall–Kier alpha value is -0.710. The third-order valence-corrected chi connectivity index (χ3v) is 4.15. The number of nitrogens with zero attached hydrogens (tertiary/aromatic N) is 1. The van der Waals surface area contributed by atoms with Gasteiger partial charge in [-0.25, -0.2) is 0 Å². The number of aryl methyl sites for hydroxylation is 1. The third-order valence-electron chi connectivity index (χ3n) is 3.23. The van der Waals surface area contributed by atoms with Gasteiger partial charge in [-0.05, 0) is 71.5 Å². The maximum Gasteiger partial charge on any atom is 0.160 e. The summed E-state index contributed by atoms with van der Waals surface area (Å²) in [6.07, 6.45) is 6.45. The lowest BCUT2D eigenvalue weighted by atomic mass is 10.1. The minimum atomic E-state index is 0.808. The van der Waals surface area contributed by atoms with Crippen molar-refractivity contribution in [2.45, 2.75) is 46.5 Å². The van der Waals surface area contributed by atoms with Crippen LogP contribution in [0.2, 0.25) is 0 Å². The van der Waals surface area contributed by atoms with E-state index in [4.69, 9.17) is 0 Å². The van der Waals surface area contributed by atoms with Crippen molar-refractivity contribution in [3.05, 3.63) is 21.9 Å². The molecule has 0 amide bonds. The molecule has 0 aliphatic carbocycles. The second-order valence-electron chi connectivity index (χ2n) is 4.93. The lowest BCUT2D eigenvalue weighted by Crippen LogP contribution is -2.31. The molecule has 1 aromatic rings. The zero-order valence-corrected chi connectivity index (χ0v) is 15.0. The Morgan fingerprint density at radius 2 is 1.90 bits per heavy atom. The molecule has 1 aliphatic rings.